The van der Waals surface area contributed by atoms with E-state index < -0.39 is 0 Å². The highest BCUT2D eigenvalue weighted by Crippen LogP contribution is 2.53. The van der Waals surface area contributed by atoms with Gasteiger partial charge in [-0.05, 0) is 75.0 Å². The van der Waals surface area contributed by atoms with Crippen molar-refractivity contribution in [1.82, 2.24) is 4.90 Å². The Kier molecular flexibility index (Phi) is 5.41. The average Bonchev–Trinajstić information content (AvgIpc) is 3.25. The molecule has 0 aromatic heterocycles. The lowest BCUT2D eigenvalue weighted by Gasteiger charge is -2.52. The summed E-state index contributed by atoms with van der Waals surface area (Å²) in [5.41, 5.74) is 6.43. The number of nitriles is 1. The van der Waals surface area contributed by atoms with Crippen LogP contribution in [0.1, 0.15) is 65.2 Å². The highest BCUT2D eigenvalue weighted by atomic mass is 16.3. The number of carbonyl (C=O) groups is 1. The molecule has 1 heterocycles. The molecule has 2 bridgehead atoms. The minimum atomic E-state index is -0.124. The molecule has 3 aliphatic carbocycles. The van der Waals surface area contributed by atoms with Gasteiger partial charge in [0.15, 0.2) is 0 Å². The zero-order chi connectivity index (χ0) is 18.2. The fraction of sp³-hybridized carbons (Fsp3) is 0.900. The molecular formula is C20H33N3O2. The predicted octanol–water partition coefficient (Wildman–Crippen LogP) is 2.43. The van der Waals surface area contributed by atoms with Crippen molar-refractivity contribution in [3.63, 3.8) is 0 Å². The van der Waals surface area contributed by atoms with E-state index in [9.17, 15) is 9.90 Å². The summed E-state index contributed by atoms with van der Waals surface area (Å²) in [7, 11) is 0. The first-order chi connectivity index (χ1) is 11.9. The fourth-order valence-corrected chi connectivity index (χ4v) is 5.78. The number of carbonyl (C=O) groups excluding carboxylic acids is 1. The Morgan fingerprint density at radius 1 is 1.32 bits per heavy atom. The molecule has 1 saturated heterocycles. The van der Waals surface area contributed by atoms with Crippen molar-refractivity contribution in [3.05, 3.63) is 0 Å². The number of nitrogens with zero attached hydrogens (tertiary/aromatic N) is 2. The highest BCUT2D eigenvalue weighted by molar-refractivity contribution is 5.52. The summed E-state index contributed by atoms with van der Waals surface area (Å²) in [5, 5.41) is 18.5. The Bertz CT molecular complexity index is 528. The number of aliphatic hydroxyl groups is 1. The molecule has 5 heteroatoms. The molecule has 4 rings (SSSR count). The Balaban J connectivity index is 0.000000157. The molecule has 8 unspecified atom stereocenters. The molecule has 0 radical (unpaired) electrons. The summed E-state index contributed by atoms with van der Waals surface area (Å²) in [4.78, 5) is 12.0. The summed E-state index contributed by atoms with van der Waals surface area (Å²) in [6, 6.07) is 2.66. The monoisotopic (exact) mass is 347 g/mol. The third-order valence-electron chi connectivity index (χ3n) is 7.27. The zero-order valence-electron chi connectivity index (χ0n) is 15.6. The van der Waals surface area contributed by atoms with Gasteiger partial charge < -0.3 is 15.7 Å². The number of rotatable bonds is 3. The van der Waals surface area contributed by atoms with Gasteiger partial charge in [0.2, 0.25) is 6.41 Å². The van der Waals surface area contributed by atoms with E-state index in [-0.39, 0.29) is 23.6 Å². The molecule has 0 spiro atoms. The van der Waals surface area contributed by atoms with Crippen LogP contribution < -0.4 is 5.73 Å². The van der Waals surface area contributed by atoms with Crippen LogP contribution >= 0.6 is 0 Å². The third-order valence-corrected chi connectivity index (χ3v) is 7.27. The number of hydrogen-bond donors (Lipinski definition) is 2. The van der Waals surface area contributed by atoms with E-state index in [1.807, 2.05) is 0 Å². The van der Waals surface area contributed by atoms with Gasteiger partial charge >= 0.3 is 0 Å². The normalized spacial score (nSPS) is 45.5. The van der Waals surface area contributed by atoms with E-state index in [1.54, 1.807) is 4.90 Å². The lowest BCUT2D eigenvalue weighted by atomic mass is 9.55. The third kappa shape index (κ3) is 3.71. The molecule has 140 valence electrons. The first-order valence-corrected chi connectivity index (χ1v) is 9.98. The number of aliphatic hydroxyl groups excluding tert-OH is 1. The molecular weight excluding hydrogens is 314 g/mol. The minimum Gasteiger partial charge on any atom is -0.393 e. The second kappa shape index (κ2) is 7.25. The molecule has 1 amide bonds. The second-order valence-electron chi connectivity index (χ2n) is 9.03. The van der Waals surface area contributed by atoms with Crippen LogP contribution in [0.4, 0.5) is 0 Å². The first-order valence-electron chi connectivity index (χ1n) is 9.98. The van der Waals surface area contributed by atoms with Gasteiger partial charge in [0.25, 0.3) is 0 Å². The van der Waals surface area contributed by atoms with Gasteiger partial charge in [-0.25, -0.2) is 0 Å². The number of nitrogens with two attached hydrogens (primary N) is 1. The van der Waals surface area contributed by atoms with Crippen molar-refractivity contribution in [2.45, 2.75) is 89.4 Å². The Morgan fingerprint density at radius 2 is 2.08 bits per heavy atom. The molecule has 1 aliphatic heterocycles. The van der Waals surface area contributed by atoms with Crippen molar-refractivity contribution in [2.75, 3.05) is 0 Å². The van der Waals surface area contributed by atoms with Crippen LogP contribution in [-0.2, 0) is 4.79 Å². The second-order valence-corrected chi connectivity index (χ2v) is 9.03. The highest BCUT2D eigenvalue weighted by Gasteiger charge is 2.51. The van der Waals surface area contributed by atoms with Crippen molar-refractivity contribution in [3.8, 4) is 6.07 Å². The van der Waals surface area contributed by atoms with Crippen LogP contribution in [0.2, 0.25) is 0 Å². The number of amides is 1. The number of fused-ring (bicyclic) bond motifs is 3. The van der Waals surface area contributed by atoms with Crippen LogP contribution in [0.5, 0.6) is 0 Å². The molecule has 4 aliphatic rings. The van der Waals surface area contributed by atoms with E-state index in [1.165, 1.54) is 25.7 Å². The predicted molar refractivity (Wildman–Crippen MR) is 96.3 cm³/mol. The van der Waals surface area contributed by atoms with E-state index in [2.05, 4.69) is 19.9 Å². The van der Waals surface area contributed by atoms with E-state index in [0.717, 1.165) is 43.9 Å². The van der Waals surface area contributed by atoms with Crippen LogP contribution in [0, 0.1) is 34.5 Å². The molecule has 5 nitrogen and oxygen atoms in total. The van der Waals surface area contributed by atoms with Gasteiger partial charge in [-0.3, -0.25) is 4.79 Å². The maximum Gasteiger partial charge on any atom is 0.211 e. The summed E-state index contributed by atoms with van der Waals surface area (Å²) in [5.74, 6) is 2.23. The van der Waals surface area contributed by atoms with Gasteiger partial charge in [0, 0.05) is 12.1 Å². The summed E-state index contributed by atoms with van der Waals surface area (Å²) in [6.07, 6.45) is 9.81. The maximum atomic E-state index is 10.4. The molecule has 0 aromatic rings. The maximum absolute atomic E-state index is 10.4. The van der Waals surface area contributed by atoms with E-state index in [4.69, 9.17) is 11.0 Å². The summed E-state index contributed by atoms with van der Waals surface area (Å²) < 4.78 is 0. The Hall–Kier alpha value is -1.12. The topological polar surface area (TPSA) is 90.3 Å². The lowest BCUT2D eigenvalue weighted by molar-refractivity contribution is -0.118. The smallest absolute Gasteiger partial charge is 0.211 e. The zero-order valence-corrected chi connectivity index (χ0v) is 15.6. The number of likely N-dealkylation sites (tertiary alicyclic amines) is 1. The lowest BCUT2D eigenvalue weighted by Crippen LogP contribution is -2.50. The average molecular weight is 348 g/mol. The van der Waals surface area contributed by atoms with Crippen molar-refractivity contribution >= 4 is 6.41 Å². The Labute approximate surface area is 151 Å². The molecule has 25 heavy (non-hydrogen) atoms. The summed E-state index contributed by atoms with van der Waals surface area (Å²) >= 11 is 0. The fourth-order valence-electron chi connectivity index (χ4n) is 5.78. The molecule has 3 saturated carbocycles. The number of piperidine rings is 1. The quantitative estimate of drug-likeness (QED) is 0.767. The number of hydrogen-bond acceptors (Lipinski definition) is 4. The van der Waals surface area contributed by atoms with Crippen molar-refractivity contribution in [2.24, 2.45) is 28.9 Å². The SMILES string of the molecule is CCC1CC2CC(O)CC(C(C)N)(C1)C2.N#CC1CC2CC2N1C=O. The van der Waals surface area contributed by atoms with Gasteiger partial charge in [-0.2, -0.15) is 5.26 Å². The molecule has 3 N–H and O–H groups in total. The van der Waals surface area contributed by atoms with E-state index in [0.29, 0.717) is 12.0 Å². The van der Waals surface area contributed by atoms with Crippen LogP contribution in [0.25, 0.3) is 0 Å². The van der Waals surface area contributed by atoms with Crippen LogP contribution in [-0.4, -0.2) is 40.6 Å². The van der Waals surface area contributed by atoms with E-state index >= 15 is 0 Å². The van der Waals surface area contributed by atoms with Gasteiger partial charge in [0.1, 0.15) is 6.04 Å². The van der Waals surface area contributed by atoms with Crippen molar-refractivity contribution in [1.29, 1.82) is 5.26 Å². The Morgan fingerprint density at radius 3 is 2.64 bits per heavy atom. The van der Waals surface area contributed by atoms with Gasteiger partial charge in [0.05, 0.1) is 12.2 Å². The van der Waals surface area contributed by atoms with Crippen molar-refractivity contribution < 1.29 is 9.90 Å². The van der Waals surface area contributed by atoms with Crippen LogP contribution in [0.15, 0.2) is 0 Å². The molecule has 8 atom stereocenters. The largest absolute Gasteiger partial charge is 0.393 e. The molecule has 0 aromatic carbocycles. The van der Waals surface area contributed by atoms with Crippen LogP contribution in [0.3, 0.4) is 0 Å². The minimum absolute atomic E-state index is 0.0902. The summed E-state index contributed by atoms with van der Waals surface area (Å²) in [6.45, 7) is 4.42. The van der Waals surface area contributed by atoms with Gasteiger partial charge in [-0.1, -0.05) is 13.3 Å². The molecule has 4 fully saturated rings. The van der Waals surface area contributed by atoms with Gasteiger partial charge in [-0.15, -0.1) is 0 Å². The standard InChI is InChI=1S/C13H25NO.C7H8N2O/c1-3-10-4-11-5-12(15)8-13(6-10,7-11)9(2)14;8-3-6-1-5-2-7(5)9(6)4-10/h9-12,15H,3-8,14H2,1-2H3;4-7H,1-2H2. The first kappa shape index (κ1) is 18.7.